The van der Waals surface area contributed by atoms with Gasteiger partial charge in [-0.05, 0) is 54.8 Å². The quantitative estimate of drug-likeness (QED) is 0.717. The summed E-state index contributed by atoms with van der Waals surface area (Å²) in [6.45, 7) is 3.29. The molecule has 2 N–H and O–H groups in total. The van der Waals surface area contributed by atoms with Crippen molar-refractivity contribution in [3.63, 3.8) is 0 Å². The van der Waals surface area contributed by atoms with E-state index < -0.39 is 0 Å². The van der Waals surface area contributed by atoms with Gasteiger partial charge in [-0.2, -0.15) is 0 Å². The fraction of sp³-hybridized carbons (Fsp3) is 0.316. The monoisotopic (exact) mass is 390 g/mol. The Balaban J connectivity index is 1.68. The van der Waals surface area contributed by atoms with E-state index in [1.54, 1.807) is 7.11 Å². The van der Waals surface area contributed by atoms with E-state index in [0.717, 1.165) is 33.5 Å². The van der Waals surface area contributed by atoms with E-state index in [0.29, 0.717) is 19.5 Å². The molecule has 128 valence electrons. The number of nitrogens with one attached hydrogen (secondary N) is 2. The summed E-state index contributed by atoms with van der Waals surface area (Å²) in [7, 11) is 1.65. The van der Waals surface area contributed by atoms with E-state index in [9.17, 15) is 4.79 Å². The van der Waals surface area contributed by atoms with Gasteiger partial charge in [0.1, 0.15) is 5.75 Å². The van der Waals surface area contributed by atoms with Crippen molar-refractivity contribution >= 4 is 27.5 Å². The number of rotatable bonds is 8. The molecule has 5 heteroatoms. The van der Waals surface area contributed by atoms with Gasteiger partial charge in [0.15, 0.2) is 0 Å². The summed E-state index contributed by atoms with van der Waals surface area (Å²) >= 11 is 3.44. The Morgan fingerprint density at radius 3 is 2.75 bits per heavy atom. The highest BCUT2D eigenvalue weighted by Gasteiger charge is 2.03. The Morgan fingerprint density at radius 1 is 1.17 bits per heavy atom. The van der Waals surface area contributed by atoms with Gasteiger partial charge in [-0.3, -0.25) is 4.79 Å². The minimum atomic E-state index is 0.0557. The third-order valence-corrected chi connectivity index (χ3v) is 4.22. The molecule has 0 fully saturated rings. The van der Waals surface area contributed by atoms with Gasteiger partial charge < -0.3 is 15.4 Å². The fourth-order valence-corrected chi connectivity index (χ4v) is 2.87. The number of amides is 1. The Labute approximate surface area is 151 Å². The Kier molecular flexibility index (Phi) is 7.12. The number of aryl methyl sites for hydroxylation is 1. The molecule has 1 amide bonds. The zero-order valence-corrected chi connectivity index (χ0v) is 15.7. The Morgan fingerprint density at radius 2 is 2.00 bits per heavy atom. The smallest absolute Gasteiger partial charge is 0.221 e. The highest BCUT2D eigenvalue weighted by Crippen LogP contribution is 2.19. The molecule has 2 rings (SSSR count). The molecular formula is C19H23BrN2O2. The minimum absolute atomic E-state index is 0.0557. The minimum Gasteiger partial charge on any atom is -0.497 e. The van der Waals surface area contributed by atoms with Crippen molar-refractivity contribution < 1.29 is 9.53 Å². The number of hydrogen-bond donors (Lipinski definition) is 2. The fourth-order valence-electron chi connectivity index (χ4n) is 2.40. The van der Waals surface area contributed by atoms with Crippen molar-refractivity contribution in [3.05, 3.63) is 58.1 Å². The SMILES string of the molecule is COc1cccc(CCNC(=O)CCNc2ccc(Br)cc2C)c1. The zero-order valence-electron chi connectivity index (χ0n) is 14.1. The van der Waals surface area contributed by atoms with Crippen LogP contribution in [0.25, 0.3) is 0 Å². The molecule has 0 aromatic heterocycles. The first-order valence-electron chi connectivity index (χ1n) is 7.98. The van der Waals surface area contributed by atoms with E-state index >= 15 is 0 Å². The molecule has 2 aromatic carbocycles. The summed E-state index contributed by atoms with van der Waals surface area (Å²) in [5.41, 5.74) is 3.36. The molecule has 0 spiro atoms. The lowest BCUT2D eigenvalue weighted by Gasteiger charge is -2.10. The van der Waals surface area contributed by atoms with E-state index in [-0.39, 0.29) is 5.91 Å². The summed E-state index contributed by atoms with van der Waals surface area (Å²) in [6, 6.07) is 14.0. The molecule has 0 aliphatic carbocycles. The first-order valence-corrected chi connectivity index (χ1v) is 8.77. The molecule has 0 radical (unpaired) electrons. The largest absolute Gasteiger partial charge is 0.497 e. The summed E-state index contributed by atoms with van der Waals surface area (Å²) in [5.74, 6) is 0.896. The van der Waals surface area contributed by atoms with Crippen molar-refractivity contribution in [2.75, 3.05) is 25.5 Å². The maximum Gasteiger partial charge on any atom is 0.221 e. The molecule has 4 nitrogen and oxygen atoms in total. The first kappa shape index (κ1) is 18.3. The molecule has 0 heterocycles. The van der Waals surface area contributed by atoms with Crippen molar-refractivity contribution in [1.29, 1.82) is 0 Å². The van der Waals surface area contributed by atoms with Gasteiger partial charge in [-0.25, -0.2) is 0 Å². The maximum atomic E-state index is 11.9. The number of anilines is 1. The van der Waals surface area contributed by atoms with E-state index in [1.165, 1.54) is 0 Å². The summed E-state index contributed by atoms with van der Waals surface area (Å²) in [4.78, 5) is 11.9. The van der Waals surface area contributed by atoms with Crippen LogP contribution in [-0.4, -0.2) is 26.1 Å². The normalized spacial score (nSPS) is 10.3. The van der Waals surface area contributed by atoms with Crippen LogP contribution in [0.4, 0.5) is 5.69 Å². The third-order valence-electron chi connectivity index (χ3n) is 3.73. The number of benzene rings is 2. The predicted molar refractivity (Wildman–Crippen MR) is 102 cm³/mol. The number of halogens is 1. The van der Waals surface area contributed by atoms with Gasteiger partial charge in [0.25, 0.3) is 0 Å². The third kappa shape index (κ3) is 5.89. The second kappa shape index (κ2) is 9.33. The second-order valence-corrected chi connectivity index (χ2v) is 6.50. The first-order chi connectivity index (χ1) is 11.6. The van der Waals surface area contributed by atoms with Crippen LogP contribution < -0.4 is 15.4 Å². The van der Waals surface area contributed by atoms with Crippen LogP contribution in [0, 0.1) is 6.92 Å². The molecule has 0 atom stereocenters. The lowest BCUT2D eigenvalue weighted by atomic mass is 10.1. The molecule has 2 aromatic rings. The van der Waals surface area contributed by atoms with Crippen molar-refractivity contribution in [1.82, 2.24) is 5.32 Å². The summed E-state index contributed by atoms with van der Waals surface area (Å²) in [5, 5.41) is 6.25. The van der Waals surface area contributed by atoms with Gasteiger partial charge in [0.2, 0.25) is 5.91 Å². The van der Waals surface area contributed by atoms with Gasteiger partial charge in [0.05, 0.1) is 7.11 Å². The molecular weight excluding hydrogens is 368 g/mol. The number of methoxy groups -OCH3 is 1. The zero-order chi connectivity index (χ0) is 17.4. The van der Waals surface area contributed by atoms with Gasteiger partial charge >= 0.3 is 0 Å². The van der Waals surface area contributed by atoms with Crippen LogP contribution in [0.15, 0.2) is 46.9 Å². The molecule has 0 saturated carbocycles. The summed E-state index contributed by atoms with van der Waals surface area (Å²) in [6.07, 6.45) is 1.25. The standard InChI is InChI=1S/C19H23BrN2O2/c1-14-12-16(20)6-7-18(14)21-11-9-19(23)22-10-8-15-4-3-5-17(13-15)24-2/h3-7,12-13,21H,8-11H2,1-2H3,(H,22,23). The maximum absolute atomic E-state index is 11.9. The van der Waals surface area contributed by atoms with Crippen LogP contribution in [0.3, 0.4) is 0 Å². The highest BCUT2D eigenvalue weighted by molar-refractivity contribution is 9.10. The highest BCUT2D eigenvalue weighted by atomic mass is 79.9. The van der Waals surface area contributed by atoms with Crippen LogP contribution >= 0.6 is 15.9 Å². The Hall–Kier alpha value is -2.01. The predicted octanol–water partition coefficient (Wildman–Crippen LogP) is 3.93. The number of hydrogen-bond acceptors (Lipinski definition) is 3. The molecule has 0 saturated heterocycles. The van der Waals surface area contributed by atoms with Crippen LogP contribution in [0.5, 0.6) is 5.75 Å². The van der Waals surface area contributed by atoms with Crippen molar-refractivity contribution in [2.24, 2.45) is 0 Å². The van der Waals surface area contributed by atoms with Gasteiger partial charge in [0, 0.05) is 29.7 Å². The van der Waals surface area contributed by atoms with Gasteiger partial charge in [-0.15, -0.1) is 0 Å². The van der Waals surface area contributed by atoms with Gasteiger partial charge in [-0.1, -0.05) is 28.1 Å². The molecule has 0 aliphatic rings. The molecule has 24 heavy (non-hydrogen) atoms. The van der Waals surface area contributed by atoms with Crippen molar-refractivity contribution in [2.45, 2.75) is 19.8 Å². The topological polar surface area (TPSA) is 50.4 Å². The van der Waals surface area contributed by atoms with Crippen LogP contribution in [-0.2, 0) is 11.2 Å². The van der Waals surface area contributed by atoms with Crippen molar-refractivity contribution in [3.8, 4) is 5.75 Å². The summed E-state index contributed by atoms with van der Waals surface area (Å²) < 4.78 is 6.25. The second-order valence-electron chi connectivity index (χ2n) is 5.59. The average Bonchev–Trinajstić information content (AvgIpc) is 2.57. The number of carbonyl (C=O) groups excluding carboxylic acids is 1. The average molecular weight is 391 g/mol. The van der Waals surface area contributed by atoms with E-state index in [2.05, 4.69) is 32.6 Å². The molecule has 0 aliphatic heterocycles. The molecule has 0 bridgehead atoms. The van der Waals surface area contributed by atoms with Crippen LogP contribution in [0.1, 0.15) is 17.5 Å². The number of carbonyl (C=O) groups is 1. The lowest BCUT2D eigenvalue weighted by molar-refractivity contribution is -0.120. The molecule has 0 unspecified atom stereocenters. The van der Waals surface area contributed by atoms with E-state index in [1.807, 2.05) is 43.3 Å². The number of ether oxygens (including phenoxy) is 1. The Bertz CT molecular complexity index is 689. The lowest BCUT2D eigenvalue weighted by Crippen LogP contribution is -2.27. The van der Waals surface area contributed by atoms with Crippen LogP contribution in [0.2, 0.25) is 0 Å². The van der Waals surface area contributed by atoms with E-state index in [4.69, 9.17) is 4.74 Å².